The topological polar surface area (TPSA) is 86.0 Å². The Morgan fingerprint density at radius 3 is 2.56 bits per heavy atom. The lowest BCUT2D eigenvalue weighted by molar-refractivity contribution is 0.0126. The summed E-state index contributed by atoms with van der Waals surface area (Å²) in [5, 5.41) is 4.32. The van der Waals surface area contributed by atoms with Crippen molar-refractivity contribution >= 4 is 28.2 Å². The van der Waals surface area contributed by atoms with E-state index >= 15 is 0 Å². The van der Waals surface area contributed by atoms with Crippen molar-refractivity contribution < 1.29 is 18.7 Å². The van der Waals surface area contributed by atoms with Crippen molar-refractivity contribution in [3.05, 3.63) is 50.6 Å². The van der Waals surface area contributed by atoms with E-state index in [2.05, 4.69) is 26.0 Å². The van der Waals surface area contributed by atoms with Crippen LogP contribution in [0.3, 0.4) is 0 Å². The van der Waals surface area contributed by atoms with Crippen LogP contribution in [0.15, 0.2) is 38.5 Å². The minimum atomic E-state index is -0.549. The molecule has 8 nitrogen and oxygen atoms in total. The molecule has 0 N–H and O–H groups in total. The quantitative estimate of drug-likeness (QED) is 0.583. The zero-order chi connectivity index (χ0) is 23.5. The van der Waals surface area contributed by atoms with E-state index in [1.54, 1.807) is 18.0 Å². The first-order valence-electron chi connectivity index (χ1n) is 10.2. The largest absolute Gasteiger partial charge is 0.488 e. The Bertz CT molecular complexity index is 1070. The smallest absolute Gasteiger partial charge is 0.410 e. The summed E-state index contributed by atoms with van der Waals surface area (Å²) in [6, 6.07) is 5.64. The van der Waals surface area contributed by atoms with Crippen LogP contribution in [-0.4, -0.2) is 58.8 Å². The van der Waals surface area contributed by atoms with Crippen LogP contribution in [0.2, 0.25) is 0 Å². The number of hydrogen-bond donors (Lipinski definition) is 0. The van der Waals surface area contributed by atoms with Crippen molar-refractivity contribution in [3.63, 3.8) is 0 Å². The summed E-state index contributed by atoms with van der Waals surface area (Å²) in [4.78, 5) is 30.6. The van der Waals surface area contributed by atoms with Crippen LogP contribution in [0.5, 0.6) is 5.75 Å². The summed E-state index contributed by atoms with van der Waals surface area (Å²) < 4.78 is 26.8. The maximum absolute atomic E-state index is 13.9. The van der Waals surface area contributed by atoms with E-state index in [-0.39, 0.29) is 12.2 Å². The number of hydrogen-bond acceptors (Lipinski definition) is 6. The number of rotatable bonds is 4. The number of ether oxygens (including phenoxy) is 2. The van der Waals surface area contributed by atoms with E-state index in [9.17, 15) is 14.0 Å². The maximum atomic E-state index is 13.9. The van der Waals surface area contributed by atoms with Crippen molar-refractivity contribution in [3.8, 4) is 11.4 Å². The zero-order valence-corrected chi connectivity index (χ0v) is 20.1. The lowest BCUT2D eigenvalue weighted by Gasteiger charge is -2.33. The van der Waals surface area contributed by atoms with Crippen LogP contribution in [0, 0.1) is 5.82 Å². The Hall–Kier alpha value is -2.75. The molecule has 1 aromatic heterocycles. The number of aliphatic imine (C=N–C) groups is 1. The van der Waals surface area contributed by atoms with Gasteiger partial charge in [0.25, 0.3) is 5.56 Å². The predicted molar refractivity (Wildman–Crippen MR) is 122 cm³/mol. The molecule has 172 valence electrons. The van der Waals surface area contributed by atoms with E-state index in [0.717, 1.165) is 4.68 Å². The Kier molecular flexibility index (Phi) is 7.33. The number of nitrogens with zero attached hydrogens (tertiary/aromatic N) is 4. The Morgan fingerprint density at radius 2 is 1.97 bits per heavy atom. The summed E-state index contributed by atoms with van der Waals surface area (Å²) in [6.07, 6.45) is 2.11. The third kappa shape index (κ3) is 5.93. The first-order chi connectivity index (χ1) is 15.1. The number of carbonyl (C=O) groups is 1. The van der Waals surface area contributed by atoms with E-state index in [1.807, 2.05) is 20.8 Å². The van der Waals surface area contributed by atoms with Gasteiger partial charge in [-0.05, 0) is 48.8 Å². The number of benzene rings is 1. The van der Waals surface area contributed by atoms with Crippen LogP contribution in [-0.2, 0) is 4.74 Å². The van der Waals surface area contributed by atoms with Gasteiger partial charge in [-0.1, -0.05) is 0 Å². The standard InChI is InChI=1S/C22H26BrFN4O4/c1-22(2,3)32-21(30)27-9-7-15(8-10-27)31-19-12-20(29)28(26-18(19)13-25-4)14-5-6-16(23)17(24)11-14/h5-6,11-13,15H,7-10H2,1-4H3. The number of halogens is 2. The highest BCUT2D eigenvalue weighted by molar-refractivity contribution is 9.10. The van der Waals surface area contributed by atoms with Crippen molar-refractivity contribution in [2.24, 2.45) is 4.99 Å². The number of carbonyl (C=O) groups excluding carboxylic acids is 1. The van der Waals surface area contributed by atoms with Crippen molar-refractivity contribution in [2.75, 3.05) is 20.1 Å². The molecule has 0 aliphatic carbocycles. The Balaban J connectivity index is 1.76. The molecule has 2 aromatic rings. The molecular weight excluding hydrogens is 483 g/mol. The molecule has 32 heavy (non-hydrogen) atoms. The van der Waals surface area contributed by atoms with E-state index < -0.39 is 17.0 Å². The molecule has 3 rings (SSSR count). The van der Waals surface area contributed by atoms with Gasteiger partial charge in [0.05, 0.1) is 16.4 Å². The van der Waals surface area contributed by atoms with Gasteiger partial charge in [-0.15, -0.1) is 0 Å². The molecule has 0 atom stereocenters. The second kappa shape index (κ2) is 9.81. The van der Waals surface area contributed by atoms with Crippen molar-refractivity contribution in [2.45, 2.75) is 45.3 Å². The van der Waals surface area contributed by atoms with Gasteiger partial charge in [0, 0.05) is 45.1 Å². The van der Waals surface area contributed by atoms with Crippen LogP contribution >= 0.6 is 15.9 Å². The van der Waals surface area contributed by atoms with Gasteiger partial charge >= 0.3 is 6.09 Å². The Morgan fingerprint density at radius 1 is 1.28 bits per heavy atom. The number of aromatic nitrogens is 2. The highest BCUT2D eigenvalue weighted by Crippen LogP contribution is 2.23. The highest BCUT2D eigenvalue weighted by Gasteiger charge is 2.28. The predicted octanol–water partition coefficient (Wildman–Crippen LogP) is 3.96. The molecule has 1 fully saturated rings. The first kappa shape index (κ1) is 23.9. The van der Waals surface area contributed by atoms with Crippen LogP contribution in [0.25, 0.3) is 5.69 Å². The summed E-state index contributed by atoms with van der Waals surface area (Å²) in [5.74, 6) is -0.205. The molecule has 10 heteroatoms. The van der Waals surface area contributed by atoms with Crippen LogP contribution in [0.1, 0.15) is 39.3 Å². The lowest BCUT2D eigenvalue weighted by atomic mass is 10.1. The lowest BCUT2D eigenvalue weighted by Crippen LogP contribution is -2.44. The first-order valence-corrected chi connectivity index (χ1v) is 11.0. The van der Waals surface area contributed by atoms with Gasteiger partial charge in [-0.2, -0.15) is 9.78 Å². The molecule has 0 spiro atoms. The van der Waals surface area contributed by atoms with Gasteiger partial charge in [0.2, 0.25) is 0 Å². The molecule has 1 amide bonds. The number of amides is 1. The third-order valence-electron chi connectivity index (χ3n) is 4.71. The highest BCUT2D eigenvalue weighted by atomic mass is 79.9. The molecule has 0 bridgehead atoms. The fraction of sp³-hybridized carbons (Fsp3) is 0.455. The van der Waals surface area contributed by atoms with Crippen molar-refractivity contribution in [1.29, 1.82) is 0 Å². The molecule has 0 unspecified atom stereocenters. The summed E-state index contributed by atoms with van der Waals surface area (Å²) in [7, 11) is 1.58. The Labute approximate surface area is 194 Å². The van der Waals surface area contributed by atoms with E-state index in [0.29, 0.717) is 47.5 Å². The fourth-order valence-corrected chi connectivity index (χ4v) is 3.47. The average molecular weight is 509 g/mol. The molecule has 0 saturated carbocycles. The van der Waals surface area contributed by atoms with Gasteiger partial charge in [0.1, 0.15) is 23.2 Å². The molecule has 2 heterocycles. The monoisotopic (exact) mass is 508 g/mol. The maximum Gasteiger partial charge on any atom is 0.410 e. The molecule has 0 radical (unpaired) electrons. The van der Waals surface area contributed by atoms with E-state index in [1.165, 1.54) is 24.4 Å². The van der Waals surface area contributed by atoms with Crippen LogP contribution < -0.4 is 10.3 Å². The number of likely N-dealkylation sites (tertiary alicyclic amines) is 1. The van der Waals surface area contributed by atoms with Crippen molar-refractivity contribution in [1.82, 2.24) is 14.7 Å². The second-order valence-electron chi connectivity index (χ2n) is 8.41. The zero-order valence-electron chi connectivity index (χ0n) is 18.5. The minimum absolute atomic E-state index is 0.195. The summed E-state index contributed by atoms with van der Waals surface area (Å²) in [6.45, 7) is 6.46. The SMILES string of the molecule is CN=Cc1nn(-c2ccc(Br)c(F)c2)c(=O)cc1OC1CCN(C(=O)OC(C)(C)C)CC1. The normalized spacial score (nSPS) is 15.2. The summed E-state index contributed by atoms with van der Waals surface area (Å²) >= 11 is 3.10. The van der Waals surface area contributed by atoms with Crippen LogP contribution in [0.4, 0.5) is 9.18 Å². The van der Waals surface area contributed by atoms with Gasteiger partial charge in [-0.3, -0.25) is 9.79 Å². The molecular formula is C22H26BrFN4O4. The van der Waals surface area contributed by atoms with Gasteiger partial charge in [0.15, 0.2) is 5.75 Å². The van der Waals surface area contributed by atoms with Gasteiger partial charge < -0.3 is 14.4 Å². The van der Waals surface area contributed by atoms with E-state index in [4.69, 9.17) is 9.47 Å². The number of piperidine rings is 1. The van der Waals surface area contributed by atoms with Gasteiger partial charge in [-0.25, -0.2) is 9.18 Å². The third-order valence-corrected chi connectivity index (χ3v) is 5.35. The molecule has 1 aromatic carbocycles. The average Bonchev–Trinajstić information content (AvgIpc) is 2.71. The molecule has 1 aliphatic rings. The minimum Gasteiger partial charge on any atom is -0.488 e. The summed E-state index contributed by atoms with van der Waals surface area (Å²) in [5.41, 5.74) is -0.364. The fourth-order valence-electron chi connectivity index (χ4n) is 3.22. The molecule has 1 aliphatic heterocycles. The second-order valence-corrected chi connectivity index (χ2v) is 9.27. The molecule has 1 saturated heterocycles.